The van der Waals surface area contributed by atoms with Crippen LogP contribution in [0.5, 0.6) is 0 Å². The lowest BCUT2D eigenvalue weighted by Crippen LogP contribution is -2.29. The molecule has 0 saturated heterocycles. The molecule has 5 heteroatoms. The van der Waals surface area contributed by atoms with Crippen molar-refractivity contribution in [3.8, 4) is 12.3 Å². The van der Waals surface area contributed by atoms with Crippen molar-refractivity contribution < 1.29 is 19.4 Å². The van der Waals surface area contributed by atoms with Crippen LogP contribution in [0.4, 0.5) is 0 Å². The average Bonchev–Trinajstić information content (AvgIpc) is 2.67. The number of nitrogens with one attached hydrogen (secondary N) is 1. The number of aryl methyl sites for hydroxylation is 1. The summed E-state index contributed by atoms with van der Waals surface area (Å²) >= 11 is 0. The lowest BCUT2D eigenvalue weighted by atomic mass is 10.0. The van der Waals surface area contributed by atoms with E-state index >= 15 is 0 Å². The molecule has 0 bridgehead atoms. The molecule has 1 atom stereocenters. The first-order chi connectivity index (χ1) is 13.8. The molecule has 0 fully saturated rings. The van der Waals surface area contributed by atoms with E-state index in [1.165, 1.54) is 6.08 Å². The van der Waals surface area contributed by atoms with Crippen molar-refractivity contribution >= 4 is 11.9 Å². The molecule has 1 rings (SSSR count). The highest BCUT2D eigenvalue weighted by molar-refractivity contribution is 5.88. The molecule has 1 amide bonds. The topological polar surface area (TPSA) is 75.6 Å². The molecule has 0 aromatic heterocycles. The number of hydrogen-bond donors (Lipinski definition) is 2. The zero-order chi connectivity index (χ0) is 21.8. The van der Waals surface area contributed by atoms with E-state index < -0.39 is 12.1 Å². The van der Waals surface area contributed by atoms with E-state index in [2.05, 4.69) is 11.2 Å². The van der Waals surface area contributed by atoms with Gasteiger partial charge in [0.05, 0.1) is 6.10 Å². The molecule has 5 nitrogen and oxygen atoms in total. The maximum atomic E-state index is 12.1. The number of ether oxygens (including phenoxy) is 1. The third-order valence-electron chi connectivity index (χ3n) is 4.05. The van der Waals surface area contributed by atoms with Gasteiger partial charge in [0.15, 0.2) is 6.10 Å². The molecule has 0 radical (unpaired) electrons. The lowest BCUT2D eigenvalue weighted by molar-refractivity contribution is -0.153. The van der Waals surface area contributed by atoms with E-state index in [0.29, 0.717) is 12.1 Å². The predicted octanol–water partition coefficient (Wildman–Crippen LogP) is 3.72. The molecule has 29 heavy (non-hydrogen) atoms. The Labute approximate surface area is 173 Å². The van der Waals surface area contributed by atoms with Crippen molar-refractivity contribution in [1.82, 2.24) is 5.32 Å². The molecule has 0 aliphatic carbocycles. The highest BCUT2D eigenvalue weighted by Crippen LogP contribution is 2.15. The standard InChI is InChI=1S/C24H29NO4/c1-6-8-9-19(7-2)12-13-23(26)25-16-21-14-20(11-10-18(21)5)15-22(24(27)28)29-17(3)4/h2,6,8-14,17,22H,15-16H2,1,3-5H3,(H,25,26)(H,27,28)/b8-6-,13-12+,19-9+. The zero-order valence-electron chi connectivity index (χ0n) is 17.4. The number of carbonyl (C=O) groups is 2. The number of aliphatic carboxylic acids is 1. The summed E-state index contributed by atoms with van der Waals surface area (Å²) in [4.78, 5) is 23.5. The van der Waals surface area contributed by atoms with Crippen LogP contribution in [0.15, 0.2) is 54.2 Å². The van der Waals surface area contributed by atoms with Crippen molar-refractivity contribution in [2.75, 3.05) is 0 Å². The van der Waals surface area contributed by atoms with Gasteiger partial charge in [-0.25, -0.2) is 4.79 Å². The number of benzene rings is 1. The molecule has 1 aromatic carbocycles. The Hall–Kier alpha value is -3.10. The van der Waals surface area contributed by atoms with Crippen LogP contribution in [0.2, 0.25) is 0 Å². The largest absolute Gasteiger partial charge is 0.479 e. The van der Waals surface area contributed by atoms with Crippen LogP contribution >= 0.6 is 0 Å². The molecule has 0 saturated carbocycles. The first kappa shape index (κ1) is 23.9. The van der Waals surface area contributed by atoms with Gasteiger partial charge in [0.2, 0.25) is 5.91 Å². The van der Waals surface area contributed by atoms with Gasteiger partial charge in [-0.3, -0.25) is 4.79 Å². The van der Waals surface area contributed by atoms with Crippen molar-refractivity contribution in [2.24, 2.45) is 0 Å². The summed E-state index contributed by atoms with van der Waals surface area (Å²) in [5.41, 5.74) is 3.36. The fourth-order valence-corrected chi connectivity index (χ4v) is 2.54. The van der Waals surface area contributed by atoms with Crippen molar-refractivity contribution in [3.63, 3.8) is 0 Å². The molecule has 2 N–H and O–H groups in total. The van der Waals surface area contributed by atoms with Gasteiger partial charge >= 0.3 is 5.97 Å². The molecule has 0 aliphatic rings. The highest BCUT2D eigenvalue weighted by atomic mass is 16.5. The summed E-state index contributed by atoms with van der Waals surface area (Å²) in [6, 6.07) is 5.69. The molecule has 1 unspecified atom stereocenters. The minimum atomic E-state index is -0.991. The molecule has 0 spiro atoms. The number of allylic oxidation sites excluding steroid dienone is 5. The minimum Gasteiger partial charge on any atom is -0.479 e. The molecule has 1 aromatic rings. The van der Waals surface area contributed by atoms with Crippen molar-refractivity contribution in [3.05, 3.63) is 70.8 Å². The number of carbonyl (C=O) groups excluding carboxylic acids is 1. The predicted molar refractivity (Wildman–Crippen MR) is 115 cm³/mol. The number of carboxylic acids is 1. The number of terminal acetylenes is 1. The Balaban J connectivity index is 2.80. The third kappa shape index (κ3) is 9.09. The number of amides is 1. The zero-order valence-corrected chi connectivity index (χ0v) is 17.4. The van der Waals surface area contributed by atoms with E-state index in [-0.39, 0.29) is 18.4 Å². The Morgan fingerprint density at radius 3 is 2.62 bits per heavy atom. The number of carboxylic acid groups (broad SMARTS) is 1. The lowest BCUT2D eigenvalue weighted by Gasteiger charge is -2.17. The maximum Gasteiger partial charge on any atom is 0.333 e. The van der Waals surface area contributed by atoms with Gasteiger partial charge in [0.1, 0.15) is 0 Å². The highest BCUT2D eigenvalue weighted by Gasteiger charge is 2.20. The fraction of sp³-hybridized carbons (Fsp3) is 0.333. The van der Waals surface area contributed by atoms with Gasteiger partial charge in [-0.1, -0.05) is 36.3 Å². The quantitative estimate of drug-likeness (QED) is 0.360. The smallest absolute Gasteiger partial charge is 0.333 e. The van der Waals surface area contributed by atoms with Gasteiger partial charge in [-0.05, 0) is 56.5 Å². The van der Waals surface area contributed by atoms with Crippen LogP contribution in [0.3, 0.4) is 0 Å². The Morgan fingerprint density at radius 2 is 2.03 bits per heavy atom. The van der Waals surface area contributed by atoms with Crippen molar-refractivity contribution in [1.29, 1.82) is 0 Å². The minimum absolute atomic E-state index is 0.179. The van der Waals surface area contributed by atoms with E-state index in [9.17, 15) is 14.7 Å². The first-order valence-electron chi connectivity index (χ1n) is 9.49. The van der Waals surface area contributed by atoms with Crippen LogP contribution in [-0.2, 0) is 27.3 Å². The molecule has 0 aliphatic heterocycles. The monoisotopic (exact) mass is 395 g/mol. The fourth-order valence-electron chi connectivity index (χ4n) is 2.54. The normalized spacial score (nSPS) is 13.0. The molecule has 154 valence electrons. The van der Waals surface area contributed by atoms with Gasteiger partial charge in [0, 0.05) is 24.6 Å². The van der Waals surface area contributed by atoms with Crippen LogP contribution in [-0.4, -0.2) is 29.2 Å². The van der Waals surface area contributed by atoms with Gasteiger partial charge in [-0.15, -0.1) is 6.42 Å². The summed E-state index contributed by atoms with van der Waals surface area (Å²) in [5.74, 6) is 1.25. The summed E-state index contributed by atoms with van der Waals surface area (Å²) in [7, 11) is 0. The maximum absolute atomic E-state index is 12.1. The van der Waals surface area contributed by atoms with E-state index in [1.54, 1.807) is 32.1 Å². The van der Waals surface area contributed by atoms with Gasteiger partial charge in [-0.2, -0.15) is 0 Å². The Bertz CT molecular complexity index is 841. The molecule has 0 heterocycles. The van der Waals surface area contributed by atoms with E-state index in [0.717, 1.165) is 16.7 Å². The van der Waals surface area contributed by atoms with Gasteiger partial charge in [0.25, 0.3) is 0 Å². The SMILES string of the molecule is C#CC(=C\C=C/C)/C=C/C(=O)NCc1cc(CC(OC(C)C)C(=O)O)ccc1C. The summed E-state index contributed by atoms with van der Waals surface area (Å²) in [6.07, 6.45) is 13.0. The Morgan fingerprint density at radius 1 is 1.31 bits per heavy atom. The molecular weight excluding hydrogens is 366 g/mol. The van der Waals surface area contributed by atoms with Crippen LogP contribution in [0, 0.1) is 19.3 Å². The van der Waals surface area contributed by atoms with Gasteiger partial charge < -0.3 is 15.2 Å². The summed E-state index contributed by atoms with van der Waals surface area (Å²) in [5, 5.41) is 12.2. The summed E-state index contributed by atoms with van der Waals surface area (Å²) in [6.45, 7) is 7.76. The van der Waals surface area contributed by atoms with E-state index in [1.807, 2.05) is 38.1 Å². The molecular formula is C24H29NO4. The second-order valence-corrected chi connectivity index (χ2v) is 6.82. The second-order valence-electron chi connectivity index (χ2n) is 6.82. The van der Waals surface area contributed by atoms with E-state index in [4.69, 9.17) is 11.2 Å². The first-order valence-corrected chi connectivity index (χ1v) is 9.49. The number of rotatable bonds is 10. The third-order valence-corrected chi connectivity index (χ3v) is 4.05. The summed E-state index contributed by atoms with van der Waals surface area (Å²) < 4.78 is 5.47. The number of hydrogen-bond acceptors (Lipinski definition) is 3. The van der Waals surface area contributed by atoms with Crippen LogP contribution < -0.4 is 5.32 Å². The second kappa shape index (κ2) is 12.4. The average molecular weight is 395 g/mol. The van der Waals surface area contributed by atoms with Crippen LogP contribution in [0.1, 0.15) is 37.5 Å². The van der Waals surface area contributed by atoms with Crippen LogP contribution in [0.25, 0.3) is 0 Å². The Kier molecular flexibility index (Phi) is 10.2. The van der Waals surface area contributed by atoms with Crippen molar-refractivity contribution in [2.45, 2.75) is 52.9 Å².